The normalized spacial score (nSPS) is 16.4. The molecule has 1 aromatic heterocycles. The van der Waals surface area contributed by atoms with Crippen molar-refractivity contribution >= 4 is 51.4 Å². The molecule has 0 saturated carbocycles. The zero-order valence-electron chi connectivity index (χ0n) is 11.6. The van der Waals surface area contributed by atoms with Gasteiger partial charge in [0.2, 0.25) is 5.91 Å². The molecule has 1 unspecified atom stereocenters. The number of amides is 1. The number of H-pyrrole nitrogens is 1. The number of nitrogens with zero attached hydrogens (tertiary/aromatic N) is 1. The van der Waals surface area contributed by atoms with Crippen molar-refractivity contribution in [2.45, 2.75) is 5.92 Å². The fourth-order valence-corrected chi connectivity index (χ4v) is 3.35. The van der Waals surface area contributed by atoms with Gasteiger partial charge < -0.3 is 10.3 Å². The molecule has 5 nitrogen and oxygen atoms in total. The number of hydrogen-bond donors (Lipinski definition) is 2. The SMILES string of the molecule is O=Nc1c(C2C(=O)Nc3ccc(Cl)cc32)[nH]c2ccc(Cl)cc12. The average Bonchev–Trinajstić information content (AvgIpc) is 3.02. The van der Waals surface area contributed by atoms with Crippen molar-refractivity contribution in [2.75, 3.05) is 5.32 Å². The highest BCUT2D eigenvalue weighted by molar-refractivity contribution is 6.31. The van der Waals surface area contributed by atoms with Crippen LogP contribution >= 0.6 is 23.2 Å². The molecule has 2 heterocycles. The Morgan fingerprint density at radius 2 is 1.78 bits per heavy atom. The van der Waals surface area contributed by atoms with Crippen molar-refractivity contribution in [3.63, 3.8) is 0 Å². The van der Waals surface area contributed by atoms with E-state index in [1.807, 2.05) is 0 Å². The molecule has 1 amide bonds. The van der Waals surface area contributed by atoms with E-state index in [1.165, 1.54) is 0 Å². The number of rotatable bonds is 2. The Hall–Kier alpha value is -2.37. The number of benzene rings is 2. The highest BCUT2D eigenvalue weighted by Gasteiger charge is 2.36. The maximum Gasteiger partial charge on any atom is 0.238 e. The molecule has 1 atom stereocenters. The van der Waals surface area contributed by atoms with Gasteiger partial charge in [-0.15, -0.1) is 4.91 Å². The average molecular weight is 346 g/mol. The zero-order chi connectivity index (χ0) is 16.1. The van der Waals surface area contributed by atoms with Crippen molar-refractivity contribution in [2.24, 2.45) is 5.18 Å². The Labute approximate surface area is 140 Å². The number of halogens is 2. The number of hydrogen-bond acceptors (Lipinski definition) is 3. The van der Waals surface area contributed by atoms with Crippen LogP contribution in [0.15, 0.2) is 41.6 Å². The summed E-state index contributed by atoms with van der Waals surface area (Å²) in [5.74, 6) is -0.896. The smallest absolute Gasteiger partial charge is 0.238 e. The van der Waals surface area contributed by atoms with Crippen LogP contribution in [0.1, 0.15) is 17.2 Å². The first kappa shape index (κ1) is 14.2. The van der Waals surface area contributed by atoms with E-state index < -0.39 is 5.92 Å². The minimum atomic E-state index is -0.664. The quantitative estimate of drug-likeness (QED) is 0.644. The summed E-state index contributed by atoms with van der Waals surface area (Å²) in [5, 5.41) is 7.51. The number of aromatic nitrogens is 1. The zero-order valence-corrected chi connectivity index (χ0v) is 13.1. The second-order valence-corrected chi connectivity index (χ2v) is 6.20. The summed E-state index contributed by atoms with van der Waals surface area (Å²) in [5.41, 5.74) is 2.72. The Bertz CT molecular complexity index is 981. The molecule has 114 valence electrons. The van der Waals surface area contributed by atoms with Gasteiger partial charge in [0.1, 0.15) is 11.6 Å². The second kappa shape index (κ2) is 5.08. The monoisotopic (exact) mass is 345 g/mol. The third-order valence-corrected chi connectivity index (χ3v) is 4.46. The number of carbonyl (C=O) groups excluding carboxylic acids is 1. The molecular formula is C16H9Cl2N3O2. The van der Waals surface area contributed by atoms with Crippen molar-refractivity contribution < 1.29 is 4.79 Å². The molecule has 0 aliphatic carbocycles. The van der Waals surface area contributed by atoms with Gasteiger partial charge in [-0.2, -0.15) is 0 Å². The molecule has 7 heteroatoms. The van der Waals surface area contributed by atoms with E-state index in [9.17, 15) is 9.70 Å². The van der Waals surface area contributed by atoms with Gasteiger partial charge in [0.05, 0.1) is 5.69 Å². The standard InChI is InChI=1S/C16H9Cl2N3O2/c17-7-1-3-11-9(5-7)13(16(22)20-11)15-14(21-23)10-6-8(18)2-4-12(10)19-15/h1-6,13,19H,(H,20,22). The summed E-state index contributed by atoms with van der Waals surface area (Å²) < 4.78 is 0. The molecule has 0 bridgehead atoms. The topological polar surface area (TPSA) is 74.3 Å². The summed E-state index contributed by atoms with van der Waals surface area (Å²) in [6.07, 6.45) is 0. The van der Waals surface area contributed by atoms with Crippen LogP contribution in [-0.2, 0) is 4.79 Å². The molecule has 1 aliphatic heterocycles. The Kier molecular flexibility index (Phi) is 3.14. The van der Waals surface area contributed by atoms with Crippen LogP contribution in [0.4, 0.5) is 11.4 Å². The van der Waals surface area contributed by atoms with Crippen LogP contribution in [0, 0.1) is 4.91 Å². The van der Waals surface area contributed by atoms with Crippen LogP contribution in [-0.4, -0.2) is 10.9 Å². The van der Waals surface area contributed by atoms with E-state index in [0.29, 0.717) is 37.9 Å². The number of nitrogens with one attached hydrogen (secondary N) is 2. The lowest BCUT2D eigenvalue weighted by atomic mass is 9.96. The first-order valence-electron chi connectivity index (χ1n) is 6.83. The molecule has 2 aromatic carbocycles. The fourth-order valence-electron chi connectivity index (χ4n) is 3.00. The van der Waals surface area contributed by atoms with Crippen LogP contribution in [0.5, 0.6) is 0 Å². The minimum Gasteiger partial charge on any atom is -0.356 e. The lowest BCUT2D eigenvalue weighted by Crippen LogP contribution is -2.13. The molecule has 0 radical (unpaired) electrons. The summed E-state index contributed by atoms with van der Waals surface area (Å²) in [7, 11) is 0. The lowest BCUT2D eigenvalue weighted by molar-refractivity contribution is -0.116. The van der Waals surface area contributed by atoms with Crippen LogP contribution in [0.25, 0.3) is 10.9 Å². The number of carbonyl (C=O) groups is 1. The second-order valence-electron chi connectivity index (χ2n) is 5.32. The van der Waals surface area contributed by atoms with Crippen molar-refractivity contribution in [1.29, 1.82) is 0 Å². The molecule has 0 fully saturated rings. The highest BCUT2D eigenvalue weighted by atomic mass is 35.5. The number of nitroso groups, excluding NO2 is 1. The van der Waals surface area contributed by atoms with E-state index in [2.05, 4.69) is 15.5 Å². The van der Waals surface area contributed by atoms with Gasteiger partial charge in [-0.3, -0.25) is 4.79 Å². The van der Waals surface area contributed by atoms with E-state index in [4.69, 9.17) is 23.2 Å². The third kappa shape index (κ3) is 2.12. The van der Waals surface area contributed by atoms with Gasteiger partial charge in [0.15, 0.2) is 0 Å². The number of anilines is 1. The Balaban J connectivity index is 1.98. The van der Waals surface area contributed by atoms with Gasteiger partial charge in [-0.05, 0) is 47.1 Å². The largest absolute Gasteiger partial charge is 0.356 e. The van der Waals surface area contributed by atoms with Crippen LogP contribution in [0.2, 0.25) is 10.0 Å². The van der Waals surface area contributed by atoms with Crippen molar-refractivity contribution in [1.82, 2.24) is 4.98 Å². The summed E-state index contributed by atoms with van der Waals surface area (Å²) in [6.45, 7) is 0. The lowest BCUT2D eigenvalue weighted by Gasteiger charge is -2.07. The summed E-state index contributed by atoms with van der Waals surface area (Å²) in [4.78, 5) is 26.9. The molecule has 4 rings (SSSR count). The predicted octanol–water partition coefficient (Wildman–Crippen LogP) is 4.96. The van der Waals surface area contributed by atoms with E-state index in [0.717, 1.165) is 0 Å². The highest BCUT2D eigenvalue weighted by Crippen LogP contribution is 2.44. The van der Waals surface area contributed by atoms with Gasteiger partial charge >= 0.3 is 0 Å². The molecule has 0 saturated heterocycles. The molecule has 3 aromatic rings. The fraction of sp³-hybridized carbons (Fsp3) is 0.0625. The van der Waals surface area contributed by atoms with Gasteiger partial charge in [0.25, 0.3) is 0 Å². The molecule has 1 aliphatic rings. The van der Waals surface area contributed by atoms with E-state index in [-0.39, 0.29) is 11.6 Å². The van der Waals surface area contributed by atoms with Gasteiger partial charge in [-0.1, -0.05) is 23.2 Å². The Morgan fingerprint density at radius 3 is 2.57 bits per heavy atom. The molecule has 0 spiro atoms. The van der Waals surface area contributed by atoms with Crippen molar-refractivity contribution in [3.8, 4) is 0 Å². The number of fused-ring (bicyclic) bond motifs is 2. The molecular weight excluding hydrogens is 337 g/mol. The third-order valence-electron chi connectivity index (χ3n) is 3.99. The minimum absolute atomic E-state index is 0.190. The first-order chi connectivity index (χ1) is 11.1. The predicted molar refractivity (Wildman–Crippen MR) is 90.7 cm³/mol. The Morgan fingerprint density at radius 1 is 1.04 bits per heavy atom. The van der Waals surface area contributed by atoms with E-state index >= 15 is 0 Å². The summed E-state index contributed by atoms with van der Waals surface area (Å²) >= 11 is 12.0. The first-order valence-corrected chi connectivity index (χ1v) is 7.59. The van der Waals surface area contributed by atoms with Crippen molar-refractivity contribution in [3.05, 3.63) is 62.6 Å². The molecule has 23 heavy (non-hydrogen) atoms. The van der Waals surface area contributed by atoms with Gasteiger partial charge in [0, 0.05) is 26.6 Å². The maximum atomic E-state index is 12.4. The number of aromatic amines is 1. The van der Waals surface area contributed by atoms with E-state index in [1.54, 1.807) is 36.4 Å². The summed E-state index contributed by atoms with van der Waals surface area (Å²) in [6, 6.07) is 10.3. The van der Waals surface area contributed by atoms with Gasteiger partial charge in [-0.25, -0.2) is 0 Å². The van der Waals surface area contributed by atoms with Crippen LogP contribution < -0.4 is 5.32 Å². The molecule has 2 N–H and O–H groups in total. The maximum absolute atomic E-state index is 12.4. The van der Waals surface area contributed by atoms with Crippen LogP contribution in [0.3, 0.4) is 0 Å².